The number of hydrogen-bond donors (Lipinski definition) is 2. The molecule has 2 aromatic rings. The number of fused-ring (bicyclic) bond motifs is 2. The van der Waals surface area contributed by atoms with E-state index in [0.29, 0.717) is 19.9 Å². The summed E-state index contributed by atoms with van der Waals surface area (Å²) < 4.78 is 17.9. The zero-order valence-corrected chi connectivity index (χ0v) is 26.3. The van der Waals surface area contributed by atoms with Crippen molar-refractivity contribution in [2.75, 3.05) is 25.6 Å². The van der Waals surface area contributed by atoms with Gasteiger partial charge in [-0.1, -0.05) is 43.7 Å². The van der Waals surface area contributed by atoms with Gasteiger partial charge in [0.1, 0.15) is 12.8 Å². The second kappa shape index (κ2) is 12.7. The molecule has 8 nitrogen and oxygen atoms in total. The van der Waals surface area contributed by atoms with Crippen LogP contribution in [-0.2, 0) is 20.9 Å². The fourth-order valence-electron chi connectivity index (χ4n) is 3.91. The van der Waals surface area contributed by atoms with Gasteiger partial charge in [-0.2, -0.15) is 0 Å². The van der Waals surface area contributed by atoms with Crippen molar-refractivity contribution in [3.8, 4) is 0 Å². The second-order valence-corrected chi connectivity index (χ2v) is 16.1. The van der Waals surface area contributed by atoms with E-state index in [-0.39, 0.29) is 54.7 Å². The van der Waals surface area contributed by atoms with Crippen LogP contribution in [0.25, 0.3) is 6.08 Å². The Morgan fingerprint density at radius 3 is 2.71 bits per heavy atom. The number of imidazole rings is 1. The molecule has 5 atom stereocenters. The van der Waals surface area contributed by atoms with E-state index in [4.69, 9.17) is 41.6 Å². The summed E-state index contributed by atoms with van der Waals surface area (Å²) in [6, 6.07) is 8.63. The minimum absolute atomic E-state index is 0. The number of nitrogens with two attached hydrogens (primary N) is 1. The Morgan fingerprint density at radius 2 is 2.03 bits per heavy atom. The maximum Gasteiger partial charge on any atom is 2.00 e. The molecule has 0 spiro atoms. The molecule has 0 saturated carbocycles. The maximum atomic E-state index is 9.13. The molecule has 3 aliphatic heterocycles. The Balaban J connectivity index is 0.000000285. The van der Waals surface area contributed by atoms with E-state index in [1.807, 2.05) is 41.3 Å². The topological polar surface area (TPSA) is 104 Å². The Kier molecular flexibility index (Phi) is 10.5. The molecule has 0 amide bonds. The molecule has 2 saturated heterocycles. The quantitative estimate of drug-likeness (QED) is 0.154. The van der Waals surface area contributed by atoms with Crippen LogP contribution in [0.2, 0.25) is 25.7 Å². The van der Waals surface area contributed by atoms with Crippen LogP contribution in [0.5, 0.6) is 0 Å². The standard InChI is InChI=1S/C18H24ClN4OSi.C6H9O3.U/c1-25(2,3)9-8-24-12-23-11-21-16-10-15(19)17(22-18(16)23)13-4-6-14(20)7-5-13;7-4-3-9-5-1-2-8-6(4)5;/h4-7,10,15,17H,8-9,12,20H2,1-3H3;1,4-7H,2-3H2;/q2*-1;+2/t;4?,5-,6-;/m.1./s1. The Labute approximate surface area is 236 Å². The van der Waals surface area contributed by atoms with Crippen molar-refractivity contribution in [1.82, 2.24) is 9.55 Å². The van der Waals surface area contributed by atoms with E-state index in [2.05, 4.69) is 31.0 Å². The number of benzene rings is 1. The average molecular weight is 743 g/mol. The molecule has 4 heterocycles. The van der Waals surface area contributed by atoms with Crippen molar-refractivity contribution in [2.24, 2.45) is 4.99 Å². The Bertz CT molecular complexity index is 1080. The van der Waals surface area contributed by atoms with Crippen LogP contribution in [0.3, 0.4) is 0 Å². The Hall–Kier alpha value is -0.701. The molecule has 188 valence electrons. The first-order valence-corrected chi connectivity index (χ1v) is 15.7. The normalized spacial score (nSPS) is 26.9. The summed E-state index contributed by atoms with van der Waals surface area (Å²) in [6.45, 7) is 9.21. The van der Waals surface area contributed by atoms with Gasteiger partial charge in [-0.05, 0) is 35.3 Å². The van der Waals surface area contributed by atoms with Gasteiger partial charge in [0.2, 0.25) is 0 Å². The number of alkyl halides is 1. The van der Waals surface area contributed by atoms with Gasteiger partial charge in [-0.25, -0.2) is 0 Å². The van der Waals surface area contributed by atoms with Crippen molar-refractivity contribution in [3.05, 3.63) is 53.4 Å². The minimum atomic E-state index is -1.09. The monoisotopic (exact) mass is 742 g/mol. The number of ether oxygens (including phenoxy) is 3. The number of hydrogen-bond acceptors (Lipinski definition) is 7. The summed E-state index contributed by atoms with van der Waals surface area (Å²) in [4.78, 5) is 9.10. The average Bonchev–Trinajstić information content (AvgIpc) is 3.49. The van der Waals surface area contributed by atoms with Gasteiger partial charge in [0.15, 0.2) is 0 Å². The first-order chi connectivity index (χ1) is 16.2. The van der Waals surface area contributed by atoms with E-state index < -0.39 is 14.2 Å². The molecule has 5 rings (SSSR count). The van der Waals surface area contributed by atoms with Gasteiger partial charge in [0.05, 0.1) is 24.1 Å². The van der Waals surface area contributed by atoms with E-state index in [9.17, 15) is 0 Å². The van der Waals surface area contributed by atoms with E-state index >= 15 is 0 Å². The number of aromatic nitrogens is 2. The molecule has 35 heavy (non-hydrogen) atoms. The number of anilines is 1. The summed E-state index contributed by atoms with van der Waals surface area (Å²) >= 11 is 6.50. The van der Waals surface area contributed by atoms with Gasteiger partial charge < -0.3 is 39.6 Å². The fourth-order valence-corrected chi connectivity index (χ4v) is 4.98. The summed E-state index contributed by atoms with van der Waals surface area (Å²) in [6.07, 6.45) is 6.41. The zero-order chi connectivity index (χ0) is 24.3. The largest absolute Gasteiger partial charge is 2.00 e. The minimum Gasteiger partial charge on any atom is -0.411 e. The molecule has 1 aromatic heterocycles. The van der Waals surface area contributed by atoms with Crippen LogP contribution in [0.4, 0.5) is 5.69 Å². The third-order valence-corrected chi connectivity index (χ3v) is 8.00. The fraction of sp³-hybridized carbons (Fsp3) is 0.542. The van der Waals surface area contributed by atoms with E-state index in [1.54, 1.807) is 0 Å². The van der Waals surface area contributed by atoms with Gasteiger partial charge in [-0.15, -0.1) is 17.7 Å². The first-order valence-electron chi connectivity index (χ1n) is 11.6. The summed E-state index contributed by atoms with van der Waals surface area (Å²) in [5.74, 6) is 0. The number of nitrogens with zero attached hydrogens (tertiary/aromatic N) is 3. The predicted molar refractivity (Wildman–Crippen MR) is 133 cm³/mol. The van der Waals surface area contributed by atoms with Crippen LogP contribution in [0, 0.1) is 43.9 Å². The smallest absolute Gasteiger partial charge is 0.411 e. The number of aliphatic hydroxyl groups is 1. The van der Waals surface area contributed by atoms with Crippen molar-refractivity contribution in [3.63, 3.8) is 0 Å². The summed E-state index contributed by atoms with van der Waals surface area (Å²) in [7, 11) is -1.09. The Morgan fingerprint density at radius 1 is 1.29 bits per heavy atom. The molecule has 0 radical (unpaired) electrons. The zero-order valence-electron chi connectivity index (χ0n) is 20.4. The molecular weight excluding hydrogens is 710 g/mol. The van der Waals surface area contributed by atoms with Crippen LogP contribution < -0.4 is 16.6 Å². The second-order valence-electron chi connectivity index (χ2n) is 9.95. The molecule has 1 aromatic carbocycles. The maximum absolute atomic E-state index is 9.13. The number of nitrogen functional groups attached to an aromatic ring is 1. The van der Waals surface area contributed by atoms with E-state index in [0.717, 1.165) is 34.7 Å². The van der Waals surface area contributed by atoms with Crippen molar-refractivity contribution in [1.29, 1.82) is 0 Å². The molecule has 11 heteroatoms. The van der Waals surface area contributed by atoms with Crippen molar-refractivity contribution in [2.45, 2.75) is 62.1 Å². The third-order valence-electron chi connectivity index (χ3n) is 5.93. The van der Waals surface area contributed by atoms with Crippen LogP contribution >= 0.6 is 11.6 Å². The predicted octanol–water partition coefficient (Wildman–Crippen LogP) is 1.69. The van der Waals surface area contributed by atoms with Gasteiger partial charge in [0, 0.05) is 26.7 Å². The van der Waals surface area contributed by atoms with Crippen LogP contribution in [0.1, 0.15) is 11.6 Å². The first kappa shape index (κ1) is 28.9. The molecule has 0 aliphatic carbocycles. The van der Waals surface area contributed by atoms with Crippen LogP contribution in [-0.4, -0.2) is 66.2 Å². The van der Waals surface area contributed by atoms with Gasteiger partial charge >= 0.3 is 31.1 Å². The van der Waals surface area contributed by atoms with Crippen molar-refractivity contribution < 1.29 is 50.4 Å². The van der Waals surface area contributed by atoms with Gasteiger partial charge in [0.25, 0.3) is 0 Å². The number of aliphatic hydroxyl groups excluding tert-OH is 1. The molecule has 3 unspecified atom stereocenters. The number of halogens is 1. The molecule has 3 N–H and O–H groups in total. The summed E-state index contributed by atoms with van der Waals surface area (Å²) in [5.41, 5.74) is 8.30. The molecule has 2 fully saturated rings. The van der Waals surface area contributed by atoms with Crippen LogP contribution in [0.15, 0.2) is 29.3 Å². The van der Waals surface area contributed by atoms with E-state index in [1.165, 1.54) is 0 Å². The third kappa shape index (κ3) is 7.65. The van der Waals surface area contributed by atoms with Crippen molar-refractivity contribution >= 4 is 31.4 Å². The molecule has 0 bridgehead atoms. The SMILES string of the molecule is C[Si](C)(C)CCOCn1[c-]nc2c1=NC(c1ccc(N)cc1)C(Cl)C=2.OC1CO[C@@H]2[CH-]CO[C@H]12.[U+2]. The summed E-state index contributed by atoms with van der Waals surface area (Å²) in [5, 5.41) is 9.64. The molecular formula is C24H33ClN4O4SiU. The van der Waals surface area contributed by atoms with Gasteiger partial charge in [-0.3, -0.25) is 6.42 Å². The molecule has 3 aliphatic rings. The number of rotatable bonds is 6.